The first-order chi connectivity index (χ1) is 18.1. The maximum atomic E-state index is 6.24. The minimum absolute atomic E-state index is 0.529. The molecule has 0 radical (unpaired) electrons. The first-order valence-electron chi connectivity index (χ1n) is 12.6. The molecule has 182 valence electrons. The van der Waals surface area contributed by atoms with Crippen LogP contribution in [0, 0.1) is 5.92 Å². The minimum Gasteiger partial charge on any atom is -0.457 e. The van der Waals surface area contributed by atoms with E-state index in [1.807, 2.05) is 36.5 Å². The first-order valence-corrected chi connectivity index (χ1v) is 13.4. The fraction of sp³-hybridized carbons (Fsp3) is 0.121. The molecule has 0 spiro atoms. The van der Waals surface area contributed by atoms with Crippen molar-refractivity contribution in [2.24, 2.45) is 5.92 Å². The number of hydrogen-bond donors (Lipinski definition) is 0. The van der Waals surface area contributed by atoms with E-state index in [-0.39, 0.29) is 0 Å². The van der Waals surface area contributed by atoms with Crippen molar-refractivity contribution < 1.29 is 4.74 Å². The highest BCUT2D eigenvalue weighted by Gasteiger charge is 2.16. The van der Waals surface area contributed by atoms with E-state index in [0.717, 1.165) is 39.2 Å². The van der Waals surface area contributed by atoms with Gasteiger partial charge < -0.3 is 4.74 Å². The smallest absolute Gasteiger partial charge is 0.137 e. The first kappa shape index (κ1) is 23.5. The van der Waals surface area contributed by atoms with E-state index in [1.165, 1.54) is 27.5 Å². The summed E-state index contributed by atoms with van der Waals surface area (Å²) in [5.74, 6) is 3.03. The number of pyridine rings is 1. The van der Waals surface area contributed by atoms with Gasteiger partial charge in [0.15, 0.2) is 0 Å². The van der Waals surface area contributed by atoms with Crippen LogP contribution in [0.15, 0.2) is 114 Å². The van der Waals surface area contributed by atoms with Gasteiger partial charge >= 0.3 is 0 Å². The van der Waals surface area contributed by atoms with Crippen LogP contribution in [0.1, 0.15) is 19.4 Å². The summed E-state index contributed by atoms with van der Waals surface area (Å²) in [6.07, 6.45) is 3.01. The molecule has 37 heavy (non-hydrogen) atoms. The molecule has 6 aromatic rings. The van der Waals surface area contributed by atoms with Gasteiger partial charge in [-0.3, -0.25) is 4.57 Å². The van der Waals surface area contributed by atoms with Gasteiger partial charge in [-0.05, 0) is 65.9 Å². The lowest BCUT2D eigenvalue weighted by atomic mass is 9.95. The van der Waals surface area contributed by atoms with E-state index in [4.69, 9.17) is 9.72 Å². The van der Waals surface area contributed by atoms with Crippen LogP contribution in [0.3, 0.4) is 0 Å². The molecule has 2 heterocycles. The summed E-state index contributed by atoms with van der Waals surface area (Å²) in [4.78, 5) is 5.01. The summed E-state index contributed by atoms with van der Waals surface area (Å²) in [5.41, 5.74) is 5.90. The monoisotopic (exact) mass is 546 g/mol. The van der Waals surface area contributed by atoms with Gasteiger partial charge in [0.05, 0.1) is 11.0 Å². The average Bonchev–Trinajstić information content (AvgIpc) is 3.22. The molecule has 2 aromatic heterocycles. The Labute approximate surface area is 225 Å². The Hall–Kier alpha value is -3.89. The Kier molecular flexibility index (Phi) is 6.27. The Bertz CT molecular complexity index is 1720. The molecule has 4 aromatic carbocycles. The Morgan fingerprint density at radius 3 is 2.32 bits per heavy atom. The molecular formula is C33H27BrN2O. The molecule has 4 heteroatoms. The number of rotatable bonds is 6. The van der Waals surface area contributed by atoms with Crippen molar-refractivity contribution in [3.63, 3.8) is 0 Å². The van der Waals surface area contributed by atoms with Crippen LogP contribution < -0.4 is 4.74 Å². The molecular weight excluding hydrogens is 520 g/mol. The zero-order valence-corrected chi connectivity index (χ0v) is 22.4. The van der Waals surface area contributed by atoms with Crippen molar-refractivity contribution >= 4 is 37.7 Å². The van der Waals surface area contributed by atoms with Gasteiger partial charge in [0, 0.05) is 33.1 Å². The number of ether oxygens (including phenoxy) is 1. The third kappa shape index (κ3) is 4.65. The molecule has 0 unspecified atom stereocenters. The van der Waals surface area contributed by atoms with Crippen LogP contribution in [0.2, 0.25) is 0 Å². The minimum atomic E-state index is 0.529. The Morgan fingerprint density at radius 2 is 1.51 bits per heavy atom. The normalized spacial score (nSPS) is 11.5. The van der Waals surface area contributed by atoms with E-state index in [0.29, 0.717) is 5.92 Å². The maximum Gasteiger partial charge on any atom is 0.137 e. The summed E-state index contributed by atoms with van der Waals surface area (Å²) in [6, 6.07) is 35.5. The highest BCUT2D eigenvalue weighted by molar-refractivity contribution is 9.10. The number of nitrogens with zero attached hydrogens (tertiary/aromatic N) is 2. The third-order valence-electron chi connectivity index (χ3n) is 6.59. The van der Waals surface area contributed by atoms with Gasteiger partial charge in [-0.1, -0.05) is 84.4 Å². The van der Waals surface area contributed by atoms with Crippen molar-refractivity contribution in [2.45, 2.75) is 20.3 Å². The van der Waals surface area contributed by atoms with Crippen molar-refractivity contribution in [1.29, 1.82) is 0 Å². The number of para-hydroxylation sites is 1. The number of benzene rings is 4. The molecule has 0 saturated carbocycles. The summed E-state index contributed by atoms with van der Waals surface area (Å²) in [6.45, 7) is 4.53. The molecule has 0 N–H and O–H groups in total. The van der Waals surface area contributed by atoms with Gasteiger partial charge in [0.2, 0.25) is 0 Å². The van der Waals surface area contributed by atoms with Crippen LogP contribution in [-0.2, 0) is 6.42 Å². The molecule has 0 aliphatic rings. The van der Waals surface area contributed by atoms with Gasteiger partial charge in [0.25, 0.3) is 0 Å². The fourth-order valence-corrected chi connectivity index (χ4v) is 5.40. The van der Waals surface area contributed by atoms with Crippen LogP contribution in [0.4, 0.5) is 0 Å². The van der Waals surface area contributed by atoms with E-state index in [1.54, 1.807) is 0 Å². The number of aromatic nitrogens is 2. The van der Waals surface area contributed by atoms with Gasteiger partial charge in [-0.15, -0.1) is 0 Å². The van der Waals surface area contributed by atoms with E-state index in [9.17, 15) is 0 Å². The van der Waals surface area contributed by atoms with Crippen LogP contribution in [0.25, 0.3) is 38.8 Å². The lowest BCUT2D eigenvalue weighted by molar-refractivity contribution is 0.483. The topological polar surface area (TPSA) is 27.1 Å². The molecule has 3 nitrogen and oxygen atoms in total. The van der Waals surface area contributed by atoms with Crippen molar-refractivity contribution in [2.75, 3.05) is 0 Å². The molecule has 0 bridgehead atoms. The lowest BCUT2D eigenvalue weighted by Gasteiger charge is -2.15. The van der Waals surface area contributed by atoms with Gasteiger partial charge in [-0.2, -0.15) is 0 Å². The largest absolute Gasteiger partial charge is 0.457 e. The second-order valence-corrected chi connectivity index (χ2v) is 10.7. The van der Waals surface area contributed by atoms with Crippen molar-refractivity contribution in [1.82, 2.24) is 9.55 Å². The molecule has 6 rings (SSSR count). The van der Waals surface area contributed by atoms with Crippen LogP contribution >= 0.6 is 15.9 Å². The second-order valence-electron chi connectivity index (χ2n) is 9.75. The zero-order chi connectivity index (χ0) is 25.4. The van der Waals surface area contributed by atoms with E-state index < -0.39 is 0 Å². The molecule has 0 saturated heterocycles. The van der Waals surface area contributed by atoms with Crippen molar-refractivity contribution in [3.05, 3.63) is 119 Å². The number of fused-ring (bicyclic) bond motifs is 3. The van der Waals surface area contributed by atoms with E-state index >= 15 is 0 Å². The number of halogens is 1. The molecule has 0 amide bonds. The van der Waals surface area contributed by atoms with E-state index in [2.05, 4.69) is 107 Å². The molecule has 0 atom stereocenters. The van der Waals surface area contributed by atoms with Gasteiger partial charge in [-0.25, -0.2) is 4.98 Å². The average molecular weight is 547 g/mol. The zero-order valence-electron chi connectivity index (χ0n) is 20.9. The molecule has 0 fully saturated rings. The number of hydrogen-bond acceptors (Lipinski definition) is 2. The summed E-state index contributed by atoms with van der Waals surface area (Å²) >= 11 is 3.53. The third-order valence-corrected chi connectivity index (χ3v) is 7.09. The fourth-order valence-electron chi connectivity index (χ4n) is 5.02. The summed E-state index contributed by atoms with van der Waals surface area (Å²) < 4.78 is 9.49. The second kappa shape index (κ2) is 9.87. The Morgan fingerprint density at radius 1 is 0.757 bits per heavy atom. The predicted molar refractivity (Wildman–Crippen MR) is 157 cm³/mol. The highest BCUT2D eigenvalue weighted by Crippen LogP contribution is 2.36. The van der Waals surface area contributed by atoms with Crippen LogP contribution in [-0.4, -0.2) is 9.55 Å². The lowest BCUT2D eigenvalue weighted by Crippen LogP contribution is -2.03. The quantitative estimate of drug-likeness (QED) is 0.208. The maximum absolute atomic E-state index is 6.24. The predicted octanol–water partition coefficient (Wildman–Crippen LogP) is 9.60. The molecule has 0 aliphatic carbocycles. The Balaban J connectivity index is 1.54. The van der Waals surface area contributed by atoms with Gasteiger partial charge in [0.1, 0.15) is 17.3 Å². The highest BCUT2D eigenvalue weighted by atomic mass is 79.9. The molecule has 0 aliphatic heterocycles. The standard InChI is InChI=1S/C33H27BrN2O/c1-22(2)17-24-18-33(35-21-30(24)23-9-4-3-5-10-23)36-31-14-7-6-13-28(31)29-16-15-27(20-32(29)36)37-26-12-8-11-25(34)19-26/h3-16,18-22H,17H2,1-2H3. The summed E-state index contributed by atoms with van der Waals surface area (Å²) in [5, 5.41) is 2.38. The van der Waals surface area contributed by atoms with Crippen molar-refractivity contribution in [3.8, 4) is 28.4 Å². The SMILES string of the molecule is CC(C)Cc1cc(-n2c3ccccc3c3ccc(Oc4cccc(Br)c4)cc32)ncc1-c1ccccc1. The summed E-state index contributed by atoms with van der Waals surface area (Å²) in [7, 11) is 0. The van der Waals surface area contributed by atoms with Crippen LogP contribution in [0.5, 0.6) is 11.5 Å².